The number of sulfonamides is 1. The lowest BCUT2D eigenvalue weighted by Gasteiger charge is -2.12. The van der Waals surface area contributed by atoms with Gasteiger partial charge in [0, 0.05) is 11.6 Å². The summed E-state index contributed by atoms with van der Waals surface area (Å²) in [4.78, 5) is 12.5. The number of hydrogen-bond donors (Lipinski definition) is 1. The molecule has 0 saturated carbocycles. The van der Waals surface area contributed by atoms with Crippen molar-refractivity contribution in [2.75, 3.05) is 4.72 Å². The van der Waals surface area contributed by atoms with Crippen LogP contribution >= 0.6 is 11.3 Å². The fourth-order valence-corrected chi connectivity index (χ4v) is 4.76. The molecule has 152 valence electrons. The van der Waals surface area contributed by atoms with Gasteiger partial charge in [-0.15, -0.1) is 11.3 Å². The summed E-state index contributed by atoms with van der Waals surface area (Å²) in [6.07, 6.45) is 0. The van der Waals surface area contributed by atoms with Crippen LogP contribution in [0.15, 0.2) is 77.0 Å². The van der Waals surface area contributed by atoms with Crippen molar-refractivity contribution in [3.63, 3.8) is 0 Å². The molecule has 4 aromatic rings. The number of carbonyl (C=O) groups is 1. The number of nitrogens with zero attached hydrogens (tertiary/aromatic N) is 2. The number of anilines is 1. The van der Waals surface area contributed by atoms with Crippen molar-refractivity contribution < 1.29 is 13.2 Å². The van der Waals surface area contributed by atoms with E-state index >= 15 is 0 Å². The minimum Gasteiger partial charge on any atom is -0.295 e. The minimum atomic E-state index is -3.87. The molecule has 8 heteroatoms. The summed E-state index contributed by atoms with van der Waals surface area (Å²) in [5.74, 6) is 0.216. The van der Waals surface area contributed by atoms with Gasteiger partial charge >= 0.3 is 0 Å². The standard InChI is InChI=1S/C22H19N3O3S2/c1-15-6-3-4-7-20(15)25-22(14-19(23-25)21-8-5-13-29-21)24-30(27,28)18-11-9-17(10-12-18)16(2)26/h3-14,24H,1-2H3. The van der Waals surface area contributed by atoms with Crippen molar-refractivity contribution in [3.8, 4) is 16.3 Å². The number of para-hydroxylation sites is 1. The summed E-state index contributed by atoms with van der Waals surface area (Å²) in [5.41, 5.74) is 2.88. The quantitative estimate of drug-likeness (QED) is 0.435. The molecule has 0 aliphatic carbocycles. The van der Waals surface area contributed by atoms with Gasteiger partial charge in [-0.05, 0) is 49.1 Å². The van der Waals surface area contributed by atoms with Gasteiger partial charge in [-0.25, -0.2) is 13.1 Å². The molecule has 0 radical (unpaired) electrons. The van der Waals surface area contributed by atoms with Crippen LogP contribution in [0.25, 0.3) is 16.3 Å². The average molecular weight is 438 g/mol. The Labute approximate surface area is 178 Å². The number of aryl methyl sites for hydroxylation is 1. The third-order valence-electron chi connectivity index (χ3n) is 4.64. The molecule has 4 rings (SSSR count). The molecule has 0 unspecified atom stereocenters. The number of thiophene rings is 1. The van der Waals surface area contributed by atoms with Gasteiger partial charge in [-0.1, -0.05) is 36.4 Å². The SMILES string of the molecule is CC(=O)c1ccc(S(=O)(=O)Nc2cc(-c3cccs3)nn2-c2ccccc2C)cc1. The topological polar surface area (TPSA) is 81.1 Å². The maximum absolute atomic E-state index is 13.0. The lowest BCUT2D eigenvalue weighted by Crippen LogP contribution is -2.16. The van der Waals surface area contributed by atoms with Gasteiger partial charge in [-0.2, -0.15) is 5.10 Å². The van der Waals surface area contributed by atoms with Crippen molar-refractivity contribution >= 4 is 33.0 Å². The second-order valence-corrected chi connectivity index (χ2v) is 9.41. The molecule has 0 spiro atoms. The van der Waals surface area contributed by atoms with Crippen molar-refractivity contribution in [3.05, 3.63) is 83.2 Å². The van der Waals surface area contributed by atoms with Crippen molar-refractivity contribution in [2.45, 2.75) is 18.7 Å². The number of nitrogens with one attached hydrogen (secondary N) is 1. The normalized spacial score (nSPS) is 11.4. The van der Waals surface area contributed by atoms with E-state index in [-0.39, 0.29) is 10.7 Å². The van der Waals surface area contributed by atoms with Gasteiger partial charge in [0.15, 0.2) is 5.78 Å². The van der Waals surface area contributed by atoms with Crippen LogP contribution in [0.3, 0.4) is 0 Å². The molecule has 0 bridgehead atoms. The van der Waals surface area contributed by atoms with Crippen LogP contribution in [0.4, 0.5) is 5.82 Å². The van der Waals surface area contributed by atoms with Crippen LogP contribution in [-0.2, 0) is 10.0 Å². The zero-order valence-electron chi connectivity index (χ0n) is 16.4. The average Bonchev–Trinajstić information content (AvgIpc) is 3.38. The number of carbonyl (C=O) groups excluding carboxylic acids is 1. The summed E-state index contributed by atoms with van der Waals surface area (Å²) in [6.45, 7) is 3.38. The number of Topliss-reactive ketones (excluding diaryl/α,β-unsaturated/α-hetero) is 1. The third kappa shape index (κ3) is 3.92. The zero-order chi connectivity index (χ0) is 21.3. The maximum atomic E-state index is 13.0. The molecule has 0 saturated heterocycles. The van der Waals surface area contributed by atoms with Gasteiger partial charge in [0.2, 0.25) is 0 Å². The summed E-state index contributed by atoms with van der Waals surface area (Å²) in [6, 6.07) is 19.1. The number of benzene rings is 2. The molecule has 0 amide bonds. The summed E-state index contributed by atoms with van der Waals surface area (Å²) in [5, 5.41) is 6.60. The van der Waals surface area contributed by atoms with E-state index in [0.717, 1.165) is 16.1 Å². The fraction of sp³-hybridized carbons (Fsp3) is 0.0909. The number of hydrogen-bond acceptors (Lipinski definition) is 5. The minimum absolute atomic E-state index is 0.0720. The van der Waals surface area contributed by atoms with E-state index in [2.05, 4.69) is 9.82 Å². The predicted octanol–water partition coefficient (Wildman–Crippen LogP) is 4.91. The molecule has 0 atom stereocenters. The molecule has 0 aliphatic heterocycles. The smallest absolute Gasteiger partial charge is 0.263 e. The van der Waals surface area contributed by atoms with E-state index in [0.29, 0.717) is 17.1 Å². The Morgan fingerprint density at radius 3 is 2.40 bits per heavy atom. The molecule has 2 aromatic heterocycles. The Bertz CT molecular complexity index is 1310. The Morgan fingerprint density at radius 2 is 1.77 bits per heavy atom. The van der Waals surface area contributed by atoms with Crippen LogP contribution in [0.1, 0.15) is 22.8 Å². The van der Waals surface area contributed by atoms with E-state index in [1.807, 2.05) is 48.7 Å². The van der Waals surface area contributed by atoms with Crippen LogP contribution < -0.4 is 4.72 Å². The highest BCUT2D eigenvalue weighted by molar-refractivity contribution is 7.92. The van der Waals surface area contributed by atoms with Crippen LogP contribution in [0.5, 0.6) is 0 Å². The highest BCUT2D eigenvalue weighted by Gasteiger charge is 2.20. The zero-order valence-corrected chi connectivity index (χ0v) is 18.0. The first kappa shape index (κ1) is 20.1. The largest absolute Gasteiger partial charge is 0.295 e. The summed E-state index contributed by atoms with van der Waals surface area (Å²) in [7, 11) is -3.87. The second kappa shape index (κ2) is 7.89. The fourth-order valence-electron chi connectivity index (χ4n) is 3.05. The Balaban J connectivity index is 1.77. The van der Waals surface area contributed by atoms with Crippen molar-refractivity contribution in [1.82, 2.24) is 9.78 Å². The van der Waals surface area contributed by atoms with E-state index < -0.39 is 10.0 Å². The maximum Gasteiger partial charge on any atom is 0.263 e. The summed E-state index contributed by atoms with van der Waals surface area (Å²) >= 11 is 1.53. The lowest BCUT2D eigenvalue weighted by molar-refractivity contribution is 0.101. The first-order valence-corrected chi connectivity index (χ1v) is 11.6. The van der Waals surface area contributed by atoms with Crippen LogP contribution in [-0.4, -0.2) is 24.0 Å². The van der Waals surface area contributed by atoms with E-state index in [1.165, 1.54) is 42.5 Å². The predicted molar refractivity (Wildman–Crippen MR) is 119 cm³/mol. The molecule has 2 heterocycles. The van der Waals surface area contributed by atoms with Crippen molar-refractivity contribution in [2.24, 2.45) is 0 Å². The van der Waals surface area contributed by atoms with Gasteiger partial charge in [-0.3, -0.25) is 9.52 Å². The molecular formula is C22H19N3O3S2. The van der Waals surface area contributed by atoms with E-state index in [4.69, 9.17) is 0 Å². The Kier molecular flexibility index (Phi) is 5.27. The summed E-state index contributed by atoms with van der Waals surface area (Å²) < 4.78 is 30.3. The first-order chi connectivity index (χ1) is 14.3. The molecule has 1 N–H and O–H groups in total. The molecule has 2 aromatic carbocycles. The van der Waals surface area contributed by atoms with Gasteiger partial charge in [0.1, 0.15) is 11.5 Å². The molecule has 0 fully saturated rings. The molecule has 0 aliphatic rings. The number of ketones is 1. The van der Waals surface area contributed by atoms with Gasteiger partial charge < -0.3 is 0 Å². The van der Waals surface area contributed by atoms with E-state index in [9.17, 15) is 13.2 Å². The van der Waals surface area contributed by atoms with Gasteiger partial charge in [0.05, 0.1) is 15.5 Å². The van der Waals surface area contributed by atoms with Crippen LogP contribution in [0.2, 0.25) is 0 Å². The van der Waals surface area contributed by atoms with Crippen molar-refractivity contribution in [1.29, 1.82) is 0 Å². The first-order valence-electron chi connectivity index (χ1n) is 9.19. The number of aromatic nitrogens is 2. The Hall–Kier alpha value is -3.23. The monoisotopic (exact) mass is 437 g/mol. The highest BCUT2D eigenvalue weighted by atomic mass is 32.2. The molecule has 30 heavy (non-hydrogen) atoms. The van der Waals surface area contributed by atoms with Crippen LogP contribution in [0, 0.1) is 6.92 Å². The lowest BCUT2D eigenvalue weighted by atomic mass is 10.2. The molecule has 6 nitrogen and oxygen atoms in total. The number of rotatable bonds is 6. The van der Waals surface area contributed by atoms with Gasteiger partial charge in [0.25, 0.3) is 10.0 Å². The third-order valence-corrected chi connectivity index (χ3v) is 6.90. The highest BCUT2D eigenvalue weighted by Crippen LogP contribution is 2.30. The second-order valence-electron chi connectivity index (χ2n) is 6.78. The molecular weight excluding hydrogens is 418 g/mol. The Morgan fingerprint density at radius 1 is 1.03 bits per heavy atom. The van der Waals surface area contributed by atoms with E-state index in [1.54, 1.807) is 10.7 Å².